The molecule has 4 heteroatoms. The van der Waals surface area contributed by atoms with Crippen molar-refractivity contribution >= 4 is 7.12 Å². The molecule has 0 aliphatic rings. The molecule has 0 heterocycles. The van der Waals surface area contributed by atoms with Crippen molar-refractivity contribution in [1.82, 2.24) is 4.90 Å². The molecule has 0 radical (unpaired) electrons. The third kappa shape index (κ3) is 7.94. The van der Waals surface area contributed by atoms with Gasteiger partial charge in [-0.1, -0.05) is 6.42 Å². The van der Waals surface area contributed by atoms with Crippen LogP contribution in [0.4, 0.5) is 0 Å². The zero-order valence-corrected chi connectivity index (χ0v) is 6.75. The maximum absolute atomic E-state index is 8.46. The van der Waals surface area contributed by atoms with Crippen LogP contribution in [0.25, 0.3) is 0 Å². The van der Waals surface area contributed by atoms with E-state index in [2.05, 4.69) is 4.90 Å². The molecule has 0 aromatic carbocycles. The molecule has 0 rings (SSSR count). The van der Waals surface area contributed by atoms with E-state index < -0.39 is 7.12 Å². The van der Waals surface area contributed by atoms with E-state index >= 15 is 0 Å². The van der Waals surface area contributed by atoms with Crippen LogP contribution in [0.5, 0.6) is 0 Å². The first-order valence-corrected chi connectivity index (χ1v) is 3.64. The SMILES string of the molecule is CN(C)CCCCB(O)O. The van der Waals surface area contributed by atoms with Gasteiger partial charge in [0.1, 0.15) is 0 Å². The third-order valence-corrected chi connectivity index (χ3v) is 1.32. The van der Waals surface area contributed by atoms with E-state index in [-0.39, 0.29) is 0 Å². The zero-order chi connectivity index (χ0) is 7.98. The van der Waals surface area contributed by atoms with E-state index in [4.69, 9.17) is 10.0 Å². The van der Waals surface area contributed by atoms with Crippen LogP contribution in [0.1, 0.15) is 12.8 Å². The highest BCUT2D eigenvalue weighted by atomic mass is 16.4. The van der Waals surface area contributed by atoms with E-state index in [0.29, 0.717) is 6.32 Å². The van der Waals surface area contributed by atoms with Crippen molar-refractivity contribution in [3.63, 3.8) is 0 Å². The number of hydrogen-bond acceptors (Lipinski definition) is 3. The van der Waals surface area contributed by atoms with Crippen molar-refractivity contribution in [3.05, 3.63) is 0 Å². The molecular weight excluding hydrogens is 129 g/mol. The summed E-state index contributed by atoms with van der Waals surface area (Å²) in [6, 6.07) is 0. The predicted octanol–water partition coefficient (Wildman–Crippen LogP) is -0.199. The summed E-state index contributed by atoms with van der Waals surface area (Å²) in [5.74, 6) is 0. The van der Waals surface area contributed by atoms with Crippen LogP contribution in [0.3, 0.4) is 0 Å². The summed E-state index contributed by atoms with van der Waals surface area (Å²) in [5, 5.41) is 16.9. The fourth-order valence-corrected chi connectivity index (χ4v) is 0.755. The molecule has 0 aromatic heterocycles. The van der Waals surface area contributed by atoms with Crippen LogP contribution in [0.15, 0.2) is 0 Å². The standard InChI is InChI=1S/C6H16BNO2/c1-8(2)6-4-3-5-7(9)10/h9-10H,3-6H2,1-2H3. The molecular formula is C6H16BNO2. The van der Waals surface area contributed by atoms with Gasteiger partial charge >= 0.3 is 7.12 Å². The van der Waals surface area contributed by atoms with Gasteiger partial charge in [-0.25, -0.2) is 0 Å². The molecule has 0 spiro atoms. The van der Waals surface area contributed by atoms with Crippen molar-refractivity contribution in [3.8, 4) is 0 Å². The van der Waals surface area contributed by atoms with Crippen molar-refractivity contribution in [2.24, 2.45) is 0 Å². The van der Waals surface area contributed by atoms with Gasteiger partial charge in [-0.3, -0.25) is 0 Å². The number of nitrogens with zero attached hydrogens (tertiary/aromatic N) is 1. The molecule has 0 amide bonds. The Balaban J connectivity index is 2.91. The van der Waals surface area contributed by atoms with Gasteiger partial charge in [0.15, 0.2) is 0 Å². The van der Waals surface area contributed by atoms with E-state index in [0.717, 1.165) is 19.4 Å². The summed E-state index contributed by atoms with van der Waals surface area (Å²) < 4.78 is 0. The molecule has 0 atom stereocenters. The second kappa shape index (κ2) is 5.71. The Morgan fingerprint density at radius 2 is 1.80 bits per heavy atom. The number of hydrogen-bond donors (Lipinski definition) is 2. The van der Waals surface area contributed by atoms with Crippen LogP contribution >= 0.6 is 0 Å². The fraction of sp³-hybridized carbons (Fsp3) is 1.00. The summed E-state index contributed by atoms with van der Waals surface area (Å²) in [7, 11) is 2.90. The summed E-state index contributed by atoms with van der Waals surface area (Å²) in [6.07, 6.45) is 2.41. The molecule has 0 unspecified atom stereocenters. The van der Waals surface area contributed by atoms with Gasteiger partial charge in [-0.15, -0.1) is 0 Å². The van der Waals surface area contributed by atoms with Crippen LogP contribution in [-0.4, -0.2) is 42.7 Å². The average Bonchev–Trinajstić information content (AvgIpc) is 1.79. The minimum absolute atomic E-state index is 0.494. The molecule has 0 saturated heterocycles. The second-order valence-electron chi connectivity index (χ2n) is 2.78. The molecule has 0 bridgehead atoms. The molecule has 0 aliphatic carbocycles. The lowest BCUT2D eigenvalue weighted by Crippen LogP contribution is -2.15. The molecule has 60 valence electrons. The molecule has 3 nitrogen and oxygen atoms in total. The highest BCUT2D eigenvalue weighted by Gasteiger charge is 2.04. The maximum Gasteiger partial charge on any atom is 0.451 e. The van der Waals surface area contributed by atoms with Crippen LogP contribution < -0.4 is 0 Å². The molecule has 0 aromatic rings. The third-order valence-electron chi connectivity index (χ3n) is 1.32. The average molecular weight is 145 g/mol. The van der Waals surface area contributed by atoms with E-state index in [1.54, 1.807) is 0 Å². The van der Waals surface area contributed by atoms with Crippen LogP contribution in [0.2, 0.25) is 6.32 Å². The second-order valence-corrected chi connectivity index (χ2v) is 2.78. The fourth-order valence-electron chi connectivity index (χ4n) is 0.755. The highest BCUT2D eigenvalue weighted by molar-refractivity contribution is 6.40. The van der Waals surface area contributed by atoms with Gasteiger partial charge in [0.05, 0.1) is 0 Å². The van der Waals surface area contributed by atoms with Crippen molar-refractivity contribution < 1.29 is 10.0 Å². The molecule has 10 heavy (non-hydrogen) atoms. The monoisotopic (exact) mass is 145 g/mol. The Morgan fingerprint density at radius 1 is 1.20 bits per heavy atom. The first kappa shape index (κ1) is 9.94. The van der Waals surface area contributed by atoms with Crippen LogP contribution in [-0.2, 0) is 0 Å². The largest absolute Gasteiger partial charge is 0.451 e. The first-order valence-electron chi connectivity index (χ1n) is 3.64. The lowest BCUT2D eigenvalue weighted by atomic mass is 9.84. The number of rotatable bonds is 5. The predicted molar refractivity (Wildman–Crippen MR) is 42.8 cm³/mol. The van der Waals surface area contributed by atoms with Gasteiger partial charge in [0.25, 0.3) is 0 Å². The zero-order valence-electron chi connectivity index (χ0n) is 6.75. The summed E-state index contributed by atoms with van der Waals surface area (Å²) >= 11 is 0. The lowest BCUT2D eigenvalue weighted by molar-refractivity contribution is 0.381. The lowest BCUT2D eigenvalue weighted by Gasteiger charge is -2.07. The van der Waals surface area contributed by atoms with E-state index in [1.807, 2.05) is 14.1 Å². The van der Waals surface area contributed by atoms with Crippen molar-refractivity contribution in [2.45, 2.75) is 19.2 Å². The summed E-state index contributed by atoms with van der Waals surface area (Å²) in [4.78, 5) is 2.09. The maximum atomic E-state index is 8.46. The van der Waals surface area contributed by atoms with Gasteiger partial charge in [-0.2, -0.15) is 0 Å². The Morgan fingerprint density at radius 3 is 2.20 bits per heavy atom. The summed E-state index contributed by atoms with van der Waals surface area (Å²) in [5.41, 5.74) is 0. The van der Waals surface area contributed by atoms with Gasteiger partial charge < -0.3 is 14.9 Å². The van der Waals surface area contributed by atoms with Gasteiger partial charge in [-0.05, 0) is 33.4 Å². The normalized spacial score (nSPS) is 10.5. The molecule has 2 N–H and O–H groups in total. The Kier molecular flexibility index (Phi) is 5.68. The minimum atomic E-state index is -1.12. The van der Waals surface area contributed by atoms with Crippen molar-refractivity contribution in [2.75, 3.05) is 20.6 Å². The van der Waals surface area contributed by atoms with Gasteiger partial charge in [0.2, 0.25) is 0 Å². The van der Waals surface area contributed by atoms with E-state index in [1.165, 1.54) is 0 Å². The Bertz CT molecular complexity index is 68.1. The Hall–Kier alpha value is -0.0551. The molecule has 0 fully saturated rings. The number of unbranched alkanes of at least 4 members (excludes halogenated alkanes) is 1. The highest BCUT2D eigenvalue weighted by Crippen LogP contribution is 1.97. The first-order chi connectivity index (χ1) is 4.63. The van der Waals surface area contributed by atoms with E-state index in [9.17, 15) is 0 Å². The molecule has 0 aliphatic heterocycles. The van der Waals surface area contributed by atoms with Crippen molar-refractivity contribution in [1.29, 1.82) is 0 Å². The Labute approximate surface area is 62.8 Å². The van der Waals surface area contributed by atoms with Gasteiger partial charge in [0, 0.05) is 0 Å². The summed E-state index contributed by atoms with van der Waals surface area (Å²) in [6.45, 7) is 1.02. The quantitative estimate of drug-likeness (QED) is 0.416. The topological polar surface area (TPSA) is 43.7 Å². The smallest absolute Gasteiger partial charge is 0.427 e. The molecule has 0 saturated carbocycles. The minimum Gasteiger partial charge on any atom is -0.427 e. The van der Waals surface area contributed by atoms with Crippen LogP contribution in [0, 0.1) is 0 Å².